The lowest BCUT2D eigenvalue weighted by Gasteiger charge is -2.19. The second kappa shape index (κ2) is 19.4. The number of nitrogens with zero attached hydrogens (tertiary/aromatic N) is 7. The van der Waals surface area contributed by atoms with E-state index < -0.39 is 11.7 Å². The predicted octanol–water partition coefficient (Wildman–Crippen LogP) is 8.15. The number of hydrogen-bond acceptors (Lipinski definition) is 12. The topological polar surface area (TPSA) is 167 Å². The normalized spacial score (nSPS) is 14.5. The molecule has 4 N–H and O–H groups in total. The van der Waals surface area contributed by atoms with Crippen molar-refractivity contribution in [3.05, 3.63) is 95.9 Å². The van der Waals surface area contributed by atoms with Crippen LogP contribution in [0.4, 0.5) is 27.8 Å². The maximum absolute atomic E-state index is 12.2. The number of anilines is 4. The Balaban J connectivity index is 0.000000191. The maximum atomic E-state index is 12.2. The number of fused-ring (bicyclic) bond motifs is 1. The van der Waals surface area contributed by atoms with Crippen LogP contribution in [0.25, 0.3) is 16.5 Å². The summed E-state index contributed by atoms with van der Waals surface area (Å²) >= 11 is 5.77. The molecule has 2 aromatic carbocycles. The van der Waals surface area contributed by atoms with Crippen LogP contribution in [0.15, 0.2) is 84.3 Å². The third-order valence-corrected chi connectivity index (χ3v) is 7.09. The zero-order valence-electron chi connectivity index (χ0n) is 30.5. The first-order chi connectivity index (χ1) is 24.9. The Morgan fingerprint density at radius 2 is 1.67 bits per heavy atom. The van der Waals surface area contributed by atoms with E-state index in [0.717, 1.165) is 54.6 Å². The highest BCUT2D eigenvalue weighted by Crippen LogP contribution is 2.23. The minimum absolute atomic E-state index is 0.166. The van der Waals surface area contributed by atoms with Crippen molar-refractivity contribution in [1.29, 1.82) is 0 Å². The monoisotopic (exact) mass is 726 g/mol. The molecule has 0 aliphatic carbocycles. The van der Waals surface area contributed by atoms with Gasteiger partial charge in [-0.05, 0) is 99.3 Å². The Labute approximate surface area is 309 Å². The molecule has 1 atom stereocenters. The standard InChI is InChI=1S/C16H16ClN5O2.C15H14N4.C4H9NO.C3H8/c1-16(2,3)24-15(23)22-12-5-4-11(8-10(12)9-19-22)20-13-6-7-18-14(17)21-13;1-11-17-9-7-15(18-11)19-14-4-2-12(3-5-14)13-6-8-16-10-13;5-4-1-2-6-3-4;1-3-2/h4-9H,1-3H3,(H,18,20,21);2-7,9-10H,8H2,1H3,(H,17,18,19);4H,1-3,5H2;3H2,1-2H3. The first-order valence-electron chi connectivity index (χ1n) is 17.1. The molecule has 7 rings (SSSR count). The fourth-order valence-corrected chi connectivity index (χ4v) is 4.78. The summed E-state index contributed by atoms with van der Waals surface area (Å²) in [5.74, 6) is 2.14. The number of carbonyl (C=O) groups excluding carboxylic acids is 1. The summed E-state index contributed by atoms with van der Waals surface area (Å²) in [7, 11) is 0. The fraction of sp³-hybridized carbons (Fsp3) is 0.342. The van der Waals surface area contributed by atoms with Gasteiger partial charge in [0.2, 0.25) is 5.28 Å². The quantitative estimate of drug-likeness (QED) is 0.150. The van der Waals surface area contributed by atoms with Crippen molar-refractivity contribution in [2.45, 2.75) is 66.0 Å². The molecule has 0 amide bonds. The molecule has 5 heterocycles. The van der Waals surface area contributed by atoms with Gasteiger partial charge in [0.25, 0.3) is 0 Å². The van der Waals surface area contributed by atoms with E-state index in [9.17, 15) is 4.79 Å². The predicted molar refractivity (Wildman–Crippen MR) is 209 cm³/mol. The van der Waals surface area contributed by atoms with Crippen molar-refractivity contribution in [3.8, 4) is 0 Å². The Bertz CT molecular complexity index is 1950. The molecule has 0 bridgehead atoms. The number of rotatable bonds is 5. The van der Waals surface area contributed by atoms with Gasteiger partial charge in [0.1, 0.15) is 23.1 Å². The lowest BCUT2D eigenvalue weighted by Crippen LogP contribution is -2.27. The maximum Gasteiger partial charge on any atom is 0.435 e. The van der Waals surface area contributed by atoms with E-state index in [0.29, 0.717) is 17.4 Å². The van der Waals surface area contributed by atoms with E-state index >= 15 is 0 Å². The third-order valence-electron chi connectivity index (χ3n) is 6.91. The summed E-state index contributed by atoms with van der Waals surface area (Å²) in [4.78, 5) is 32.7. The molecule has 2 aliphatic rings. The summed E-state index contributed by atoms with van der Waals surface area (Å²) in [5, 5.41) is 11.5. The van der Waals surface area contributed by atoms with Crippen LogP contribution < -0.4 is 16.4 Å². The molecule has 0 saturated carbocycles. The number of hydrogen-bond donors (Lipinski definition) is 3. The summed E-state index contributed by atoms with van der Waals surface area (Å²) in [6, 6.07) is 17.6. The zero-order valence-corrected chi connectivity index (χ0v) is 31.3. The van der Waals surface area contributed by atoms with Crippen LogP contribution in [0.1, 0.15) is 58.8 Å². The number of allylic oxidation sites excluding steroid dienone is 1. The molecule has 3 aromatic heterocycles. The zero-order chi connectivity index (χ0) is 37.5. The highest BCUT2D eigenvalue weighted by molar-refractivity contribution is 6.28. The molecular weight excluding hydrogens is 680 g/mol. The minimum Gasteiger partial charge on any atom is -0.442 e. The molecule has 52 heavy (non-hydrogen) atoms. The SMILES string of the molecule is CC(C)(C)OC(=O)n1ncc2cc(Nc3ccnc(Cl)n3)ccc21.CCC.Cc1nccc(Nc2ccc(C3=CCN=C3)cc2)n1.NC1CCOC1. The van der Waals surface area contributed by atoms with E-state index in [-0.39, 0.29) is 5.28 Å². The van der Waals surface area contributed by atoms with Gasteiger partial charge in [0.15, 0.2) is 0 Å². The van der Waals surface area contributed by atoms with Crippen molar-refractivity contribution in [2.75, 3.05) is 30.4 Å². The lowest BCUT2D eigenvalue weighted by molar-refractivity contribution is 0.0522. The minimum atomic E-state index is -0.580. The van der Waals surface area contributed by atoms with Crippen LogP contribution in [0.2, 0.25) is 5.28 Å². The number of aryl methyl sites for hydroxylation is 1. The molecule has 0 spiro atoms. The van der Waals surface area contributed by atoms with Gasteiger partial charge in [-0.25, -0.2) is 24.7 Å². The van der Waals surface area contributed by atoms with Crippen LogP contribution in [-0.4, -0.2) is 73.4 Å². The molecule has 5 aromatic rings. The highest BCUT2D eigenvalue weighted by Gasteiger charge is 2.20. The number of halogens is 1. The van der Waals surface area contributed by atoms with Crippen molar-refractivity contribution >= 4 is 63.4 Å². The van der Waals surface area contributed by atoms with Crippen LogP contribution >= 0.6 is 11.6 Å². The third kappa shape index (κ3) is 12.8. The number of aromatic nitrogens is 6. The molecule has 0 radical (unpaired) electrons. The Morgan fingerprint density at radius 1 is 1.00 bits per heavy atom. The Morgan fingerprint density at radius 3 is 2.25 bits per heavy atom. The van der Waals surface area contributed by atoms with Crippen molar-refractivity contribution in [2.24, 2.45) is 10.7 Å². The van der Waals surface area contributed by atoms with E-state index in [4.69, 9.17) is 26.8 Å². The highest BCUT2D eigenvalue weighted by atomic mass is 35.5. The number of nitrogens with two attached hydrogens (primary N) is 1. The average molecular weight is 727 g/mol. The van der Waals surface area contributed by atoms with Gasteiger partial charge < -0.3 is 25.8 Å². The van der Waals surface area contributed by atoms with Gasteiger partial charge in [-0.15, -0.1) is 0 Å². The fourth-order valence-electron chi connectivity index (χ4n) is 4.63. The first-order valence-corrected chi connectivity index (χ1v) is 17.5. The van der Waals surface area contributed by atoms with Gasteiger partial charge in [0, 0.05) is 48.0 Å². The lowest BCUT2D eigenvalue weighted by atomic mass is 10.1. The summed E-state index contributed by atoms with van der Waals surface area (Å²) < 4.78 is 11.5. The molecule has 274 valence electrons. The van der Waals surface area contributed by atoms with Gasteiger partial charge in [-0.3, -0.25) is 4.99 Å². The largest absolute Gasteiger partial charge is 0.442 e. The summed E-state index contributed by atoms with van der Waals surface area (Å²) in [6.07, 6.45) is 10.7. The number of benzene rings is 2. The second-order valence-corrected chi connectivity index (χ2v) is 13.2. The number of ether oxygens (including phenoxy) is 2. The molecule has 1 unspecified atom stereocenters. The van der Waals surface area contributed by atoms with Crippen molar-refractivity contribution in [3.63, 3.8) is 0 Å². The van der Waals surface area contributed by atoms with E-state index in [1.54, 1.807) is 30.7 Å². The van der Waals surface area contributed by atoms with Crippen LogP contribution in [0.3, 0.4) is 0 Å². The molecule has 1 saturated heterocycles. The van der Waals surface area contributed by atoms with E-state index in [2.05, 4.69) is 72.7 Å². The molecule has 1 fully saturated rings. The molecule has 13 nitrogen and oxygen atoms in total. The van der Waals surface area contributed by atoms with Crippen LogP contribution in [-0.2, 0) is 9.47 Å². The van der Waals surface area contributed by atoms with Crippen LogP contribution in [0, 0.1) is 6.92 Å². The average Bonchev–Trinajstić information content (AvgIpc) is 3.89. The first kappa shape index (κ1) is 39.5. The summed E-state index contributed by atoms with van der Waals surface area (Å²) in [6.45, 7) is 14.0. The Kier molecular flexibility index (Phi) is 14.7. The van der Waals surface area contributed by atoms with Gasteiger partial charge >= 0.3 is 6.09 Å². The second-order valence-electron chi connectivity index (χ2n) is 12.8. The van der Waals surface area contributed by atoms with Crippen molar-refractivity contribution < 1.29 is 14.3 Å². The molecular formula is C38H47ClN10O3. The van der Waals surface area contributed by atoms with E-state index in [1.807, 2.05) is 64.2 Å². The number of carbonyl (C=O) groups is 1. The van der Waals surface area contributed by atoms with Gasteiger partial charge in [-0.1, -0.05) is 38.5 Å². The Hall–Kier alpha value is -5.24. The molecule has 2 aliphatic heterocycles. The smallest absolute Gasteiger partial charge is 0.435 e. The van der Waals surface area contributed by atoms with Crippen molar-refractivity contribution in [1.82, 2.24) is 29.7 Å². The van der Waals surface area contributed by atoms with E-state index in [1.165, 1.54) is 22.2 Å². The summed E-state index contributed by atoms with van der Waals surface area (Å²) in [5.41, 5.74) is 9.67. The van der Waals surface area contributed by atoms with Crippen LogP contribution in [0.5, 0.6) is 0 Å². The van der Waals surface area contributed by atoms with Gasteiger partial charge in [-0.2, -0.15) is 9.78 Å². The van der Waals surface area contributed by atoms with Gasteiger partial charge in [0.05, 0.1) is 24.9 Å². The molecule has 14 heteroatoms. The number of aliphatic imine (C=N–C) groups is 1. The number of nitrogens with one attached hydrogen (secondary N) is 2.